The molecule has 166 valence electrons. The molecule has 3 aromatic rings. The van der Waals surface area contributed by atoms with E-state index in [4.69, 9.17) is 0 Å². The van der Waals surface area contributed by atoms with E-state index in [2.05, 4.69) is 39.4 Å². The Balaban J connectivity index is 1.28. The van der Waals surface area contributed by atoms with Gasteiger partial charge in [0.1, 0.15) is 5.82 Å². The molecule has 0 aromatic heterocycles. The van der Waals surface area contributed by atoms with Crippen LogP contribution >= 0.6 is 11.9 Å². The van der Waals surface area contributed by atoms with Crippen molar-refractivity contribution in [1.29, 1.82) is 0 Å². The summed E-state index contributed by atoms with van der Waals surface area (Å²) in [5, 5.41) is 0.383. The Morgan fingerprint density at radius 1 is 1.06 bits per heavy atom. The molecule has 6 heteroatoms. The second kappa shape index (κ2) is 10.8. The van der Waals surface area contributed by atoms with Crippen LogP contribution in [-0.2, 0) is 6.42 Å². The van der Waals surface area contributed by atoms with Crippen molar-refractivity contribution in [2.24, 2.45) is 0 Å². The molecule has 3 aromatic carbocycles. The molecular weight excluding hydrogens is 421 g/mol. The molecule has 2 N–H and O–H groups in total. The van der Waals surface area contributed by atoms with Crippen molar-refractivity contribution in [3.05, 3.63) is 95.3 Å². The van der Waals surface area contributed by atoms with Crippen LogP contribution in [-0.4, -0.2) is 35.7 Å². The van der Waals surface area contributed by atoms with E-state index in [9.17, 15) is 9.18 Å². The molecule has 1 fully saturated rings. The largest absolute Gasteiger partial charge is 0.302 e. The molecule has 0 radical (unpaired) electrons. The number of amides is 1. The summed E-state index contributed by atoms with van der Waals surface area (Å²) in [4.78, 5) is 18.1. The fourth-order valence-electron chi connectivity index (χ4n) is 3.99. The number of nitrogens with one attached hydrogen (secondary N) is 2. The number of hydrazine groups is 1. The third-order valence-electron chi connectivity index (χ3n) is 5.79. The first-order valence-electron chi connectivity index (χ1n) is 10.9. The molecule has 1 saturated heterocycles. The van der Waals surface area contributed by atoms with E-state index >= 15 is 0 Å². The number of hydrogen-bond acceptors (Lipinski definition) is 4. The quantitative estimate of drug-likeness (QED) is 0.375. The number of rotatable bonds is 8. The van der Waals surface area contributed by atoms with Gasteiger partial charge < -0.3 is 4.90 Å². The van der Waals surface area contributed by atoms with E-state index in [1.165, 1.54) is 17.5 Å². The first kappa shape index (κ1) is 22.5. The fourth-order valence-corrected chi connectivity index (χ4v) is 4.81. The second-order valence-corrected chi connectivity index (χ2v) is 9.25. The molecule has 1 aliphatic heterocycles. The Hall–Kier alpha value is -2.67. The van der Waals surface area contributed by atoms with Gasteiger partial charge in [-0.25, -0.2) is 4.39 Å². The Morgan fingerprint density at radius 2 is 1.78 bits per heavy atom. The highest BCUT2D eigenvalue weighted by atomic mass is 32.2. The van der Waals surface area contributed by atoms with E-state index in [0.717, 1.165) is 43.6 Å². The van der Waals surface area contributed by atoms with E-state index in [-0.39, 0.29) is 5.56 Å². The Labute approximate surface area is 193 Å². The fraction of sp³-hybridized carbons (Fsp3) is 0.269. The minimum Gasteiger partial charge on any atom is -0.302 e. The minimum atomic E-state index is -0.484. The van der Waals surface area contributed by atoms with Crippen molar-refractivity contribution in [1.82, 2.24) is 15.2 Å². The van der Waals surface area contributed by atoms with Crippen molar-refractivity contribution in [3.8, 4) is 11.1 Å². The molecule has 0 aliphatic carbocycles. The number of carbonyl (C=O) groups excluding carboxylic acids is 1. The highest BCUT2D eigenvalue weighted by Gasteiger charge is 2.23. The summed E-state index contributed by atoms with van der Waals surface area (Å²) in [7, 11) is 0. The van der Waals surface area contributed by atoms with Crippen molar-refractivity contribution in [3.63, 3.8) is 0 Å². The number of halogens is 1. The molecule has 32 heavy (non-hydrogen) atoms. The number of likely N-dealkylation sites (tertiary alicyclic amines) is 1. The zero-order valence-corrected chi connectivity index (χ0v) is 19.0. The van der Waals surface area contributed by atoms with E-state index in [1.54, 1.807) is 19.1 Å². The second-order valence-electron chi connectivity index (χ2n) is 8.14. The Kier molecular flexibility index (Phi) is 7.58. The van der Waals surface area contributed by atoms with Crippen LogP contribution in [0.5, 0.6) is 0 Å². The lowest BCUT2D eigenvalue weighted by Crippen LogP contribution is -2.35. The summed E-state index contributed by atoms with van der Waals surface area (Å²) in [5.41, 5.74) is 6.29. The summed E-state index contributed by atoms with van der Waals surface area (Å²) >= 11 is 1.50. The van der Waals surface area contributed by atoms with Crippen LogP contribution in [0.2, 0.25) is 0 Å². The standard InChI is InChI=1S/C26H28FN3OS/c1-19-16-22(21-10-6-3-7-11-21)17-24(25(19)27)26(31)28-29-32-23-13-15-30(18-23)14-12-20-8-4-2-5-9-20/h2-11,16-17,23,29H,12-15,18H2,1H3,(H,28,31). The van der Waals surface area contributed by atoms with Crippen LogP contribution in [0.25, 0.3) is 11.1 Å². The SMILES string of the molecule is Cc1cc(-c2ccccc2)cc(C(=O)NNSC2CCN(CCc3ccccc3)C2)c1F. The molecule has 4 nitrogen and oxygen atoms in total. The highest BCUT2D eigenvalue weighted by Crippen LogP contribution is 2.25. The van der Waals surface area contributed by atoms with Gasteiger partial charge in [0.2, 0.25) is 0 Å². The predicted molar refractivity (Wildman–Crippen MR) is 130 cm³/mol. The van der Waals surface area contributed by atoms with Crippen LogP contribution in [0.15, 0.2) is 72.8 Å². The maximum atomic E-state index is 14.6. The summed E-state index contributed by atoms with van der Waals surface area (Å²) in [6.07, 6.45) is 2.10. The number of nitrogens with zero attached hydrogens (tertiary/aromatic N) is 1. The van der Waals surface area contributed by atoms with Gasteiger partial charge in [-0.2, -0.15) is 4.83 Å². The molecule has 1 atom stereocenters. The number of aryl methyl sites for hydroxylation is 1. The summed E-state index contributed by atoms with van der Waals surface area (Å²) < 4.78 is 14.6. The van der Waals surface area contributed by atoms with Gasteiger partial charge in [-0.15, -0.1) is 0 Å². The Bertz CT molecular complexity index is 1050. The van der Waals surface area contributed by atoms with E-state index in [0.29, 0.717) is 10.8 Å². The summed E-state index contributed by atoms with van der Waals surface area (Å²) in [6, 6.07) is 23.6. The predicted octanol–water partition coefficient (Wildman–Crippen LogP) is 5.00. The van der Waals surface area contributed by atoms with Crippen molar-refractivity contribution < 1.29 is 9.18 Å². The zero-order valence-electron chi connectivity index (χ0n) is 18.2. The molecule has 0 saturated carbocycles. The first-order valence-corrected chi connectivity index (χ1v) is 11.8. The molecule has 1 amide bonds. The lowest BCUT2D eigenvalue weighted by atomic mass is 9.99. The normalized spacial score (nSPS) is 16.2. The van der Waals surface area contributed by atoms with Crippen LogP contribution < -0.4 is 10.3 Å². The smallest absolute Gasteiger partial charge is 0.269 e. The van der Waals surface area contributed by atoms with Gasteiger partial charge in [0, 0.05) is 18.3 Å². The molecular formula is C26H28FN3OS. The van der Waals surface area contributed by atoms with Crippen LogP contribution in [0.1, 0.15) is 27.9 Å². The monoisotopic (exact) mass is 449 g/mol. The molecule has 1 unspecified atom stereocenters. The molecule has 4 rings (SSSR count). The van der Waals surface area contributed by atoms with Gasteiger partial charge >= 0.3 is 0 Å². The molecule has 0 bridgehead atoms. The van der Waals surface area contributed by atoms with Gasteiger partial charge in [-0.05, 0) is 60.7 Å². The van der Waals surface area contributed by atoms with Crippen LogP contribution in [0, 0.1) is 12.7 Å². The van der Waals surface area contributed by atoms with Crippen LogP contribution in [0.3, 0.4) is 0 Å². The van der Waals surface area contributed by atoms with Gasteiger partial charge in [0.15, 0.2) is 0 Å². The lowest BCUT2D eigenvalue weighted by Gasteiger charge is -2.16. The van der Waals surface area contributed by atoms with Crippen molar-refractivity contribution in [2.45, 2.75) is 25.0 Å². The molecule has 0 spiro atoms. The van der Waals surface area contributed by atoms with Gasteiger partial charge in [-0.3, -0.25) is 10.2 Å². The molecule has 1 heterocycles. The highest BCUT2D eigenvalue weighted by molar-refractivity contribution is 7.98. The topological polar surface area (TPSA) is 44.4 Å². The third-order valence-corrected chi connectivity index (χ3v) is 6.72. The number of carbonyl (C=O) groups is 1. The summed E-state index contributed by atoms with van der Waals surface area (Å²) in [6.45, 7) is 4.73. The van der Waals surface area contributed by atoms with Gasteiger partial charge in [-0.1, -0.05) is 72.6 Å². The van der Waals surface area contributed by atoms with Crippen molar-refractivity contribution in [2.75, 3.05) is 19.6 Å². The maximum Gasteiger partial charge on any atom is 0.269 e. The first-order chi connectivity index (χ1) is 15.6. The van der Waals surface area contributed by atoms with Gasteiger partial charge in [0.05, 0.1) is 5.56 Å². The average molecular weight is 450 g/mol. The Morgan fingerprint density at radius 3 is 2.53 bits per heavy atom. The lowest BCUT2D eigenvalue weighted by molar-refractivity contribution is 0.0943. The summed E-state index contributed by atoms with van der Waals surface area (Å²) in [5.74, 6) is -0.947. The number of benzene rings is 3. The number of hydrogen-bond donors (Lipinski definition) is 2. The van der Waals surface area contributed by atoms with Gasteiger partial charge in [0.25, 0.3) is 5.91 Å². The average Bonchev–Trinajstić information content (AvgIpc) is 3.28. The maximum absolute atomic E-state index is 14.6. The van der Waals surface area contributed by atoms with E-state index in [1.807, 2.05) is 36.4 Å². The zero-order chi connectivity index (χ0) is 22.3. The minimum absolute atomic E-state index is 0.0489. The molecule has 1 aliphatic rings. The van der Waals surface area contributed by atoms with Crippen LogP contribution in [0.4, 0.5) is 4.39 Å². The van der Waals surface area contributed by atoms with E-state index < -0.39 is 11.7 Å². The third kappa shape index (κ3) is 5.76. The van der Waals surface area contributed by atoms with Crippen molar-refractivity contribution >= 4 is 17.9 Å².